The highest BCUT2D eigenvalue weighted by atomic mass is 16.2. The van der Waals surface area contributed by atoms with E-state index in [-0.39, 0.29) is 11.8 Å². The highest BCUT2D eigenvalue weighted by Crippen LogP contribution is 2.51. The van der Waals surface area contributed by atoms with Gasteiger partial charge >= 0.3 is 0 Å². The van der Waals surface area contributed by atoms with Crippen LogP contribution in [0.2, 0.25) is 0 Å². The third kappa shape index (κ3) is 3.90. The first kappa shape index (κ1) is 24.4. The number of allylic oxidation sites excluding steroid dienone is 2. The Kier molecular flexibility index (Phi) is 5.85. The van der Waals surface area contributed by atoms with Gasteiger partial charge in [-0.25, -0.2) is 9.97 Å². The maximum atomic E-state index is 13.4. The van der Waals surface area contributed by atoms with Crippen LogP contribution in [0.4, 0.5) is 11.5 Å². The first-order valence-corrected chi connectivity index (χ1v) is 13.4. The predicted octanol–water partition coefficient (Wildman–Crippen LogP) is 4.78. The van der Waals surface area contributed by atoms with Crippen molar-refractivity contribution in [1.82, 2.24) is 19.4 Å². The number of fused-ring (bicyclic) bond motifs is 2. The molecule has 1 saturated carbocycles. The van der Waals surface area contributed by atoms with Gasteiger partial charge in [-0.05, 0) is 67.7 Å². The number of likely N-dealkylation sites (tertiary alicyclic amines) is 1. The lowest BCUT2D eigenvalue weighted by atomic mass is 9.84. The van der Waals surface area contributed by atoms with Gasteiger partial charge < -0.3 is 20.5 Å². The molecular weight excluding hydrogens is 476 g/mol. The van der Waals surface area contributed by atoms with Crippen LogP contribution in [0.25, 0.3) is 27.9 Å². The quantitative estimate of drug-likeness (QED) is 0.481. The highest BCUT2D eigenvalue weighted by Gasteiger charge is 2.56. The largest absolute Gasteiger partial charge is 0.383 e. The van der Waals surface area contributed by atoms with Crippen LogP contribution in [-0.2, 0) is 16.6 Å². The van der Waals surface area contributed by atoms with Gasteiger partial charge in [0.1, 0.15) is 17.8 Å². The molecule has 3 aromatic rings. The van der Waals surface area contributed by atoms with E-state index in [1.165, 1.54) is 11.9 Å². The van der Waals surface area contributed by atoms with Crippen LogP contribution >= 0.6 is 0 Å². The van der Waals surface area contributed by atoms with Gasteiger partial charge in [0.25, 0.3) is 5.91 Å². The van der Waals surface area contributed by atoms with Crippen LogP contribution < -0.4 is 11.1 Å². The summed E-state index contributed by atoms with van der Waals surface area (Å²) in [5.41, 5.74) is 12.5. The fourth-order valence-electron chi connectivity index (χ4n) is 6.56. The number of hydrogen-bond acceptors (Lipinski definition) is 5. The predicted molar refractivity (Wildman–Crippen MR) is 150 cm³/mol. The summed E-state index contributed by atoms with van der Waals surface area (Å²) in [4.78, 5) is 36.4. The zero-order chi connectivity index (χ0) is 26.7. The van der Waals surface area contributed by atoms with E-state index in [0.717, 1.165) is 66.0 Å². The van der Waals surface area contributed by atoms with Crippen LogP contribution in [0.5, 0.6) is 0 Å². The molecule has 8 heteroatoms. The molecule has 3 aliphatic rings. The van der Waals surface area contributed by atoms with E-state index in [2.05, 4.69) is 44.3 Å². The molecule has 2 amide bonds. The number of aromatic nitrogens is 3. The number of amides is 2. The summed E-state index contributed by atoms with van der Waals surface area (Å²) in [5, 5.41) is 3.70. The van der Waals surface area contributed by atoms with Crippen molar-refractivity contribution in [3.05, 3.63) is 54.4 Å². The highest BCUT2D eigenvalue weighted by molar-refractivity contribution is 6.05. The van der Waals surface area contributed by atoms with Crippen molar-refractivity contribution in [1.29, 1.82) is 0 Å². The number of piperidine rings is 1. The second-order valence-corrected chi connectivity index (χ2v) is 11.1. The zero-order valence-electron chi connectivity index (χ0n) is 22.2. The van der Waals surface area contributed by atoms with E-state index in [1.54, 1.807) is 6.92 Å². The fraction of sp³-hybridized carbons (Fsp3) is 0.400. The molecule has 1 aliphatic heterocycles. The third-order valence-corrected chi connectivity index (χ3v) is 8.74. The van der Waals surface area contributed by atoms with Crippen molar-refractivity contribution in [2.24, 2.45) is 24.8 Å². The monoisotopic (exact) mass is 510 g/mol. The fourth-order valence-corrected chi connectivity index (χ4v) is 6.56. The first-order chi connectivity index (χ1) is 18.3. The number of nitrogens with two attached hydrogens (primary N) is 1. The number of rotatable bonds is 5. The van der Waals surface area contributed by atoms with Gasteiger partial charge in [-0.3, -0.25) is 9.59 Å². The molecule has 2 aromatic heterocycles. The normalized spacial score (nSPS) is 24.2. The molecule has 6 rings (SSSR count). The molecule has 2 unspecified atom stereocenters. The number of aryl methyl sites for hydroxylation is 1. The van der Waals surface area contributed by atoms with Crippen molar-refractivity contribution in [3.8, 4) is 11.3 Å². The smallest absolute Gasteiger partial charge is 0.250 e. The number of carbonyl (C=O) groups is 2. The Balaban J connectivity index is 1.34. The molecule has 2 fully saturated rings. The molecule has 0 bridgehead atoms. The lowest BCUT2D eigenvalue weighted by molar-refractivity contribution is -0.135. The van der Waals surface area contributed by atoms with Gasteiger partial charge in [-0.15, -0.1) is 0 Å². The van der Waals surface area contributed by atoms with Crippen LogP contribution in [0.15, 0.2) is 48.8 Å². The summed E-state index contributed by atoms with van der Waals surface area (Å²) in [6, 6.07) is 8.23. The molecule has 3 N–H and O–H groups in total. The summed E-state index contributed by atoms with van der Waals surface area (Å²) in [6.45, 7) is 8.56. The summed E-state index contributed by atoms with van der Waals surface area (Å²) < 4.78 is 2.06. The molecule has 1 saturated heterocycles. The SMILES string of the molecule is C=C(C)C(=O)Nc1ccc(-c2c(C3=CC[C@H](C(=O)N4CCC5C4[C@H]5C)CC3)c3c(N)ncnc3n2C)cc1. The van der Waals surface area contributed by atoms with E-state index in [1.807, 2.05) is 31.3 Å². The second kappa shape index (κ2) is 9.11. The average molecular weight is 511 g/mol. The van der Waals surface area contributed by atoms with Crippen molar-refractivity contribution < 1.29 is 9.59 Å². The van der Waals surface area contributed by atoms with Crippen molar-refractivity contribution in [2.45, 2.75) is 45.6 Å². The molecule has 1 aromatic carbocycles. The van der Waals surface area contributed by atoms with Crippen molar-refractivity contribution in [2.75, 3.05) is 17.6 Å². The van der Waals surface area contributed by atoms with Crippen LogP contribution in [0, 0.1) is 17.8 Å². The van der Waals surface area contributed by atoms with Crippen molar-refractivity contribution in [3.63, 3.8) is 0 Å². The Morgan fingerprint density at radius 3 is 2.55 bits per heavy atom. The molecule has 38 heavy (non-hydrogen) atoms. The number of carbonyl (C=O) groups excluding carboxylic acids is 2. The summed E-state index contributed by atoms with van der Waals surface area (Å²) in [7, 11) is 1.99. The minimum atomic E-state index is -0.205. The number of nitrogens with one attached hydrogen (secondary N) is 1. The maximum Gasteiger partial charge on any atom is 0.250 e. The Bertz CT molecular complexity index is 1500. The standard InChI is InChI=1S/C30H34N6O2/c1-16(2)29(37)34-21-11-9-19(10-12-21)26-23(24-27(31)32-15-33-28(24)35(26)4)18-5-7-20(8-6-18)30(38)36-14-13-22-17(3)25(22)36/h5,9-12,15,17,20,22,25H,1,6-8,13-14H2,2-4H3,(H,34,37)(H2,31,32,33)/t17-,20-,22?,25?/m0/s1. The van der Waals surface area contributed by atoms with E-state index in [0.29, 0.717) is 34.9 Å². The minimum Gasteiger partial charge on any atom is -0.383 e. The number of anilines is 2. The van der Waals surface area contributed by atoms with E-state index in [9.17, 15) is 9.59 Å². The van der Waals surface area contributed by atoms with E-state index in [4.69, 9.17) is 5.73 Å². The summed E-state index contributed by atoms with van der Waals surface area (Å²) in [5.74, 6) is 1.98. The molecule has 8 nitrogen and oxygen atoms in total. The second-order valence-electron chi connectivity index (χ2n) is 11.1. The Morgan fingerprint density at radius 2 is 1.92 bits per heavy atom. The molecule has 4 atom stereocenters. The lowest BCUT2D eigenvalue weighted by Crippen LogP contribution is -2.37. The third-order valence-electron chi connectivity index (χ3n) is 8.74. The molecular formula is C30H34N6O2. The van der Waals surface area contributed by atoms with Gasteiger partial charge in [-0.2, -0.15) is 0 Å². The zero-order valence-corrected chi connectivity index (χ0v) is 22.2. The Hall–Kier alpha value is -3.94. The van der Waals surface area contributed by atoms with Crippen LogP contribution in [0.1, 0.15) is 45.1 Å². The molecule has 196 valence electrons. The average Bonchev–Trinajstić information content (AvgIpc) is 3.23. The molecule has 0 radical (unpaired) electrons. The summed E-state index contributed by atoms with van der Waals surface area (Å²) >= 11 is 0. The topological polar surface area (TPSA) is 106 Å². The van der Waals surface area contributed by atoms with Gasteiger partial charge in [-0.1, -0.05) is 31.7 Å². The number of nitrogen functional groups attached to an aromatic ring is 1. The summed E-state index contributed by atoms with van der Waals surface area (Å²) in [6.07, 6.45) is 7.21. The van der Waals surface area contributed by atoms with Gasteiger partial charge in [0.15, 0.2) is 0 Å². The molecule has 3 heterocycles. The number of nitrogens with zero attached hydrogens (tertiary/aromatic N) is 4. The number of benzene rings is 1. The van der Waals surface area contributed by atoms with Gasteiger partial charge in [0.2, 0.25) is 5.91 Å². The van der Waals surface area contributed by atoms with Crippen LogP contribution in [0.3, 0.4) is 0 Å². The lowest BCUT2D eigenvalue weighted by Gasteiger charge is -2.28. The van der Waals surface area contributed by atoms with Crippen LogP contribution in [-0.4, -0.2) is 43.8 Å². The maximum absolute atomic E-state index is 13.4. The number of hydrogen-bond donors (Lipinski definition) is 2. The minimum absolute atomic E-state index is 0.0357. The van der Waals surface area contributed by atoms with Crippen molar-refractivity contribution >= 4 is 39.9 Å². The van der Waals surface area contributed by atoms with Gasteiger partial charge in [0, 0.05) is 42.4 Å². The Morgan fingerprint density at radius 1 is 1.16 bits per heavy atom. The van der Waals surface area contributed by atoms with E-state index < -0.39 is 0 Å². The van der Waals surface area contributed by atoms with Gasteiger partial charge in [0.05, 0.1) is 11.1 Å². The molecule has 0 spiro atoms. The van der Waals surface area contributed by atoms with E-state index >= 15 is 0 Å². The Labute approximate surface area is 222 Å². The molecule has 2 aliphatic carbocycles. The first-order valence-electron chi connectivity index (χ1n) is 13.4.